The van der Waals surface area contributed by atoms with Crippen LogP contribution in [0.1, 0.15) is 11.1 Å². The lowest BCUT2D eigenvalue weighted by Crippen LogP contribution is -2.54. The molecular weight excluding hydrogens is 408 g/mol. The number of rotatable bonds is 5. The lowest BCUT2D eigenvalue weighted by atomic mass is 10.1. The molecule has 0 unspecified atom stereocenters. The van der Waals surface area contributed by atoms with E-state index in [4.69, 9.17) is 17.0 Å². The molecule has 1 N–H and O–H groups in total. The van der Waals surface area contributed by atoms with Crippen LogP contribution in [0.3, 0.4) is 0 Å². The Bertz CT molecular complexity index is 1150. The number of thiocarbonyl (C=S) groups is 1. The summed E-state index contributed by atoms with van der Waals surface area (Å²) < 4.78 is 5.79. The monoisotopic (exact) mass is 428 g/mol. The fraction of sp³-hybridized carbons (Fsp3) is 0.0800. The first kappa shape index (κ1) is 20.5. The van der Waals surface area contributed by atoms with E-state index in [1.54, 1.807) is 30.3 Å². The topological polar surface area (TPSA) is 58.6 Å². The number of amides is 2. The van der Waals surface area contributed by atoms with Crippen LogP contribution in [0.4, 0.5) is 5.69 Å². The third-order valence-electron chi connectivity index (χ3n) is 4.84. The smallest absolute Gasteiger partial charge is 0.269 e. The van der Waals surface area contributed by atoms with Crippen molar-refractivity contribution < 1.29 is 14.3 Å². The number of allylic oxidation sites excluding steroid dienone is 1. The standard InChI is InChI=1S/C25H20N2O3S/c1-17-7-9-18(10-8-17)11-16-22-23(28)26-25(31)27(24(22)29)19-12-14-21(15-13-19)30-20-5-3-2-4-6-20/h2-10,12-16H,11H2,1H3,(H,26,28,31)/b22-16-. The molecule has 0 saturated carbocycles. The molecule has 0 atom stereocenters. The van der Waals surface area contributed by atoms with Crippen molar-refractivity contribution >= 4 is 34.8 Å². The van der Waals surface area contributed by atoms with Gasteiger partial charge in [0.1, 0.15) is 17.1 Å². The van der Waals surface area contributed by atoms with Crippen LogP contribution in [0.5, 0.6) is 11.5 Å². The lowest BCUT2D eigenvalue weighted by Gasteiger charge is -2.29. The van der Waals surface area contributed by atoms with Crippen molar-refractivity contribution in [2.75, 3.05) is 4.90 Å². The summed E-state index contributed by atoms with van der Waals surface area (Å²) in [5.74, 6) is 0.415. The molecule has 3 aromatic carbocycles. The fourth-order valence-corrected chi connectivity index (χ4v) is 3.46. The van der Waals surface area contributed by atoms with Gasteiger partial charge in [0.25, 0.3) is 11.8 Å². The Morgan fingerprint density at radius 1 is 0.903 bits per heavy atom. The summed E-state index contributed by atoms with van der Waals surface area (Å²) in [6.45, 7) is 2.01. The molecule has 0 bridgehead atoms. The molecule has 3 aromatic rings. The van der Waals surface area contributed by atoms with Gasteiger partial charge in [0.15, 0.2) is 5.11 Å². The van der Waals surface area contributed by atoms with Crippen LogP contribution in [0.2, 0.25) is 0 Å². The summed E-state index contributed by atoms with van der Waals surface area (Å²) in [5.41, 5.74) is 2.79. The van der Waals surface area contributed by atoms with E-state index in [-0.39, 0.29) is 10.7 Å². The predicted molar refractivity (Wildman–Crippen MR) is 124 cm³/mol. The first-order valence-electron chi connectivity index (χ1n) is 9.80. The summed E-state index contributed by atoms with van der Waals surface area (Å²) in [5, 5.41) is 2.66. The molecule has 0 radical (unpaired) electrons. The first-order chi connectivity index (χ1) is 15.0. The van der Waals surface area contributed by atoms with Crippen molar-refractivity contribution in [1.29, 1.82) is 0 Å². The zero-order valence-electron chi connectivity index (χ0n) is 16.9. The van der Waals surface area contributed by atoms with Gasteiger partial charge in [0.2, 0.25) is 0 Å². The van der Waals surface area contributed by atoms with E-state index in [2.05, 4.69) is 5.32 Å². The molecule has 1 saturated heterocycles. The van der Waals surface area contributed by atoms with Gasteiger partial charge in [-0.2, -0.15) is 0 Å². The third-order valence-corrected chi connectivity index (χ3v) is 5.12. The number of nitrogens with zero attached hydrogens (tertiary/aromatic N) is 1. The van der Waals surface area contributed by atoms with E-state index in [0.29, 0.717) is 23.6 Å². The Morgan fingerprint density at radius 2 is 1.55 bits per heavy atom. The highest BCUT2D eigenvalue weighted by molar-refractivity contribution is 7.80. The van der Waals surface area contributed by atoms with Gasteiger partial charge in [0.05, 0.1) is 5.69 Å². The second kappa shape index (κ2) is 8.93. The van der Waals surface area contributed by atoms with Crippen LogP contribution in [0.15, 0.2) is 90.5 Å². The van der Waals surface area contributed by atoms with Crippen molar-refractivity contribution in [1.82, 2.24) is 5.32 Å². The van der Waals surface area contributed by atoms with E-state index in [1.165, 1.54) is 4.90 Å². The van der Waals surface area contributed by atoms with Crippen molar-refractivity contribution in [3.05, 3.63) is 102 Å². The van der Waals surface area contributed by atoms with Crippen LogP contribution in [-0.2, 0) is 16.0 Å². The van der Waals surface area contributed by atoms with E-state index in [0.717, 1.165) is 11.1 Å². The molecule has 0 spiro atoms. The quantitative estimate of drug-likeness (QED) is 0.363. The average molecular weight is 429 g/mol. The highest BCUT2D eigenvalue weighted by atomic mass is 32.1. The van der Waals surface area contributed by atoms with E-state index < -0.39 is 11.8 Å². The van der Waals surface area contributed by atoms with Crippen LogP contribution < -0.4 is 15.0 Å². The Kier molecular flexibility index (Phi) is 5.91. The Morgan fingerprint density at radius 3 is 2.23 bits per heavy atom. The van der Waals surface area contributed by atoms with Crippen molar-refractivity contribution in [3.8, 4) is 11.5 Å². The molecule has 1 aliphatic heterocycles. The highest BCUT2D eigenvalue weighted by Crippen LogP contribution is 2.26. The van der Waals surface area contributed by atoms with Crippen molar-refractivity contribution in [2.45, 2.75) is 13.3 Å². The minimum atomic E-state index is -0.484. The molecule has 1 aliphatic rings. The van der Waals surface area contributed by atoms with Crippen LogP contribution >= 0.6 is 12.2 Å². The third kappa shape index (κ3) is 4.70. The number of hydrogen-bond acceptors (Lipinski definition) is 4. The number of carbonyl (C=O) groups excluding carboxylic acids is 2. The van der Waals surface area contributed by atoms with Gasteiger partial charge in [-0.05, 0) is 67.5 Å². The van der Waals surface area contributed by atoms with E-state index in [1.807, 2.05) is 61.5 Å². The summed E-state index contributed by atoms with van der Waals surface area (Å²) in [7, 11) is 0. The molecule has 0 aromatic heterocycles. The van der Waals surface area contributed by atoms with E-state index >= 15 is 0 Å². The Labute approximate surface area is 186 Å². The molecule has 1 fully saturated rings. The highest BCUT2D eigenvalue weighted by Gasteiger charge is 2.34. The van der Waals surface area contributed by atoms with Crippen LogP contribution in [-0.4, -0.2) is 16.9 Å². The van der Waals surface area contributed by atoms with Gasteiger partial charge >= 0.3 is 0 Å². The maximum atomic E-state index is 13.1. The Balaban J connectivity index is 1.53. The number of aryl methyl sites for hydroxylation is 1. The Hall–Kier alpha value is -3.77. The van der Waals surface area contributed by atoms with Gasteiger partial charge < -0.3 is 4.74 Å². The number of para-hydroxylation sites is 1. The number of anilines is 1. The molecule has 2 amide bonds. The van der Waals surface area contributed by atoms with Gasteiger partial charge in [-0.25, -0.2) is 0 Å². The molecule has 154 valence electrons. The minimum Gasteiger partial charge on any atom is -0.457 e. The van der Waals surface area contributed by atoms with Crippen molar-refractivity contribution in [3.63, 3.8) is 0 Å². The van der Waals surface area contributed by atoms with Gasteiger partial charge in [-0.15, -0.1) is 0 Å². The number of hydrogen-bond donors (Lipinski definition) is 1. The normalized spacial score (nSPS) is 15.2. The summed E-state index contributed by atoms with van der Waals surface area (Å²) in [6, 6.07) is 24.3. The molecular formula is C25H20N2O3S. The van der Waals surface area contributed by atoms with Gasteiger partial charge in [0, 0.05) is 0 Å². The molecule has 4 rings (SSSR count). The van der Waals surface area contributed by atoms with Crippen LogP contribution in [0, 0.1) is 6.92 Å². The number of carbonyl (C=O) groups is 2. The first-order valence-corrected chi connectivity index (χ1v) is 10.2. The van der Waals surface area contributed by atoms with E-state index in [9.17, 15) is 9.59 Å². The fourth-order valence-electron chi connectivity index (χ4n) is 3.18. The maximum absolute atomic E-state index is 13.1. The summed E-state index contributed by atoms with van der Waals surface area (Å²) in [4.78, 5) is 26.8. The van der Waals surface area contributed by atoms with Gasteiger partial charge in [-0.1, -0.05) is 54.1 Å². The lowest BCUT2D eigenvalue weighted by molar-refractivity contribution is -0.122. The minimum absolute atomic E-state index is 0.0548. The number of benzene rings is 3. The van der Waals surface area contributed by atoms with Gasteiger partial charge in [-0.3, -0.25) is 19.8 Å². The largest absolute Gasteiger partial charge is 0.457 e. The molecule has 31 heavy (non-hydrogen) atoms. The second-order valence-corrected chi connectivity index (χ2v) is 7.50. The second-order valence-electron chi connectivity index (χ2n) is 7.12. The number of nitrogens with one attached hydrogen (secondary N) is 1. The SMILES string of the molecule is Cc1ccc(C/C=C2/C(=O)NC(=S)N(c3ccc(Oc4ccccc4)cc3)C2=O)cc1. The summed E-state index contributed by atoms with van der Waals surface area (Å²) in [6.07, 6.45) is 2.11. The summed E-state index contributed by atoms with van der Waals surface area (Å²) >= 11 is 5.26. The zero-order chi connectivity index (χ0) is 21.8. The van der Waals surface area contributed by atoms with Crippen LogP contribution in [0.25, 0.3) is 0 Å². The molecule has 6 heteroatoms. The molecule has 5 nitrogen and oxygen atoms in total. The predicted octanol–water partition coefficient (Wildman–Crippen LogP) is 4.70. The molecule has 1 heterocycles. The number of ether oxygens (including phenoxy) is 1. The maximum Gasteiger partial charge on any atom is 0.269 e. The van der Waals surface area contributed by atoms with Crippen molar-refractivity contribution in [2.24, 2.45) is 0 Å². The average Bonchev–Trinajstić information content (AvgIpc) is 2.76. The zero-order valence-corrected chi connectivity index (χ0v) is 17.7. The molecule has 0 aliphatic carbocycles.